The van der Waals surface area contributed by atoms with E-state index >= 15 is 0 Å². The summed E-state index contributed by atoms with van der Waals surface area (Å²) in [6, 6.07) is 99.8. The van der Waals surface area contributed by atoms with E-state index in [1.165, 1.54) is 71.8 Å². The quantitative estimate of drug-likeness (QED) is 0.141. The van der Waals surface area contributed by atoms with Crippen LogP contribution >= 0.6 is 0 Å². The van der Waals surface area contributed by atoms with E-state index in [4.69, 9.17) is 0 Å². The summed E-state index contributed by atoms with van der Waals surface area (Å²) in [5.41, 5.74) is 22.3. The highest BCUT2D eigenvalue weighted by Crippen LogP contribution is 2.49. The molecular weight excluding hydrogens is 860 g/mol. The van der Waals surface area contributed by atoms with Gasteiger partial charge in [-0.2, -0.15) is 0 Å². The largest absolute Gasteiger partial charge is 0.311 e. The molecule has 3 heterocycles. The number of rotatable bonds is 8. The maximum atomic E-state index is 2.57. The van der Waals surface area contributed by atoms with E-state index in [9.17, 15) is 0 Å². The first-order valence-corrected chi connectivity index (χ1v) is 24.5. The molecule has 0 aliphatic carbocycles. The van der Waals surface area contributed by atoms with Gasteiger partial charge in [0.25, 0.3) is 6.71 Å². The van der Waals surface area contributed by atoms with E-state index in [-0.39, 0.29) is 6.71 Å². The molecule has 4 nitrogen and oxygen atoms in total. The van der Waals surface area contributed by atoms with Crippen molar-refractivity contribution in [3.05, 3.63) is 273 Å². The third-order valence-electron chi connectivity index (χ3n) is 14.5. The van der Waals surface area contributed by atoms with Crippen LogP contribution in [0, 0.1) is 0 Å². The Morgan fingerprint density at radius 2 is 0.845 bits per heavy atom. The molecule has 0 radical (unpaired) electrons. The Hall–Kier alpha value is -9.32. The highest BCUT2D eigenvalue weighted by molar-refractivity contribution is 7.00. The van der Waals surface area contributed by atoms with E-state index in [1.54, 1.807) is 0 Å². The highest BCUT2D eigenvalue weighted by Gasteiger charge is 2.44. The van der Waals surface area contributed by atoms with E-state index in [1.807, 2.05) is 0 Å². The monoisotopic (exact) mass is 904 g/mol. The second-order valence-electron chi connectivity index (χ2n) is 18.5. The molecule has 0 unspecified atom stereocenters. The van der Waals surface area contributed by atoms with Crippen molar-refractivity contribution in [2.75, 3.05) is 14.7 Å². The number of para-hydroxylation sites is 4. The van der Waals surface area contributed by atoms with Crippen molar-refractivity contribution < 1.29 is 0 Å². The Labute approximate surface area is 414 Å². The van der Waals surface area contributed by atoms with Crippen LogP contribution in [0.5, 0.6) is 0 Å². The van der Waals surface area contributed by atoms with Gasteiger partial charge in [0, 0.05) is 62.0 Å². The topological polar surface area (TPSA) is 14.7 Å². The molecule has 0 N–H and O–H groups in total. The van der Waals surface area contributed by atoms with Crippen molar-refractivity contribution in [3.63, 3.8) is 0 Å². The van der Waals surface area contributed by atoms with Gasteiger partial charge in [-0.1, -0.05) is 176 Å². The SMILES string of the molecule is c1ccc(-c2ccc(N3c4cc(N(c5ccccc5)c5ccccc5)ccc4B4c5ccc6c(c5N(c5cccc(-c7ccccc7)c5)c5cccc3c54)c3ccccc3n6-c3ccccc3)cc2)cc1. The molecule has 0 bridgehead atoms. The summed E-state index contributed by atoms with van der Waals surface area (Å²) in [5, 5.41) is 2.46. The lowest BCUT2D eigenvalue weighted by Gasteiger charge is -2.44. The third-order valence-corrected chi connectivity index (χ3v) is 14.5. The first-order chi connectivity index (χ1) is 35.3. The van der Waals surface area contributed by atoms with Gasteiger partial charge in [0.05, 0.1) is 16.7 Å². The molecule has 12 aromatic rings. The number of anilines is 9. The van der Waals surface area contributed by atoms with Crippen LogP contribution in [0.4, 0.5) is 51.2 Å². The van der Waals surface area contributed by atoms with Crippen molar-refractivity contribution in [1.29, 1.82) is 0 Å². The van der Waals surface area contributed by atoms with Crippen LogP contribution in [0.1, 0.15) is 0 Å². The van der Waals surface area contributed by atoms with E-state index < -0.39 is 0 Å². The van der Waals surface area contributed by atoms with Crippen LogP contribution in [0.3, 0.4) is 0 Å². The van der Waals surface area contributed by atoms with Crippen LogP contribution in [0.2, 0.25) is 0 Å². The fourth-order valence-electron chi connectivity index (χ4n) is 11.5. The minimum absolute atomic E-state index is 0.0845. The lowest BCUT2D eigenvalue weighted by atomic mass is 9.33. The maximum Gasteiger partial charge on any atom is 0.252 e. The molecule has 0 saturated heterocycles. The van der Waals surface area contributed by atoms with E-state index in [0.717, 1.165) is 45.5 Å². The summed E-state index contributed by atoms with van der Waals surface area (Å²) in [4.78, 5) is 7.46. The zero-order chi connectivity index (χ0) is 46.8. The molecular formula is C66H45BN4. The molecule has 0 saturated carbocycles. The number of nitrogens with zero attached hydrogens (tertiary/aromatic N) is 4. The number of benzene rings is 11. The number of fused-ring (bicyclic) bond motifs is 8. The van der Waals surface area contributed by atoms with Crippen LogP contribution in [0.25, 0.3) is 49.7 Å². The minimum atomic E-state index is -0.0845. The van der Waals surface area contributed by atoms with Gasteiger partial charge in [0.2, 0.25) is 0 Å². The van der Waals surface area contributed by atoms with E-state index in [2.05, 4.69) is 292 Å². The number of hydrogen-bond donors (Lipinski definition) is 0. The molecule has 71 heavy (non-hydrogen) atoms. The van der Waals surface area contributed by atoms with Gasteiger partial charge in [-0.25, -0.2) is 0 Å². The Kier molecular flexibility index (Phi) is 9.59. The normalized spacial score (nSPS) is 12.4. The van der Waals surface area contributed by atoms with Crippen LogP contribution in [-0.2, 0) is 0 Å². The smallest absolute Gasteiger partial charge is 0.252 e. The number of aromatic nitrogens is 1. The molecule has 1 aromatic heterocycles. The molecule has 11 aromatic carbocycles. The number of hydrogen-bond acceptors (Lipinski definition) is 3. The predicted molar refractivity (Wildman–Crippen MR) is 300 cm³/mol. The Morgan fingerprint density at radius 1 is 0.310 bits per heavy atom. The Morgan fingerprint density at radius 3 is 1.54 bits per heavy atom. The maximum absolute atomic E-state index is 2.57. The van der Waals surface area contributed by atoms with Gasteiger partial charge >= 0.3 is 0 Å². The summed E-state index contributed by atoms with van der Waals surface area (Å²) in [6.07, 6.45) is 0. The minimum Gasteiger partial charge on any atom is -0.311 e. The molecule has 0 atom stereocenters. The average Bonchev–Trinajstić information content (AvgIpc) is 3.79. The molecule has 0 fully saturated rings. The van der Waals surface area contributed by atoms with Gasteiger partial charge in [-0.05, 0) is 136 Å². The second-order valence-corrected chi connectivity index (χ2v) is 18.5. The van der Waals surface area contributed by atoms with Crippen LogP contribution in [0.15, 0.2) is 273 Å². The summed E-state index contributed by atoms with van der Waals surface area (Å²) in [5.74, 6) is 0. The third kappa shape index (κ3) is 6.62. The molecule has 2 aliphatic rings. The Balaban J connectivity index is 1.07. The lowest BCUT2D eigenvalue weighted by molar-refractivity contribution is 1.18. The predicted octanol–water partition coefficient (Wildman–Crippen LogP) is 15.7. The van der Waals surface area contributed by atoms with Gasteiger partial charge < -0.3 is 19.3 Å². The average molecular weight is 905 g/mol. The standard InChI is InChI=1S/C66H45BN4/c1-6-20-46(21-7-1)48-36-38-53(39-37-48)70-61-34-19-35-62-65(61)67(57-41-40-55(45-63(57)70)68(50-25-10-3-11-26-50)51-27-12-4-13-28-51)58-42-43-60-64(56-32-16-17-33-59(56)69(60)52-29-14-5-15-30-52)66(58)71(62)54-31-18-24-49(44-54)47-22-8-2-9-23-47/h1-45H. The van der Waals surface area contributed by atoms with Crippen molar-refractivity contribution in [3.8, 4) is 27.9 Å². The summed E-state index contributed by atoms with van der Waals surface area (Å²) >= 11 is 0. The van der Waals surface area contributed by atoms with E-state index in [0.29, 0.717) is 0 Å². The fraction of sp³-hybridized carbons (Fsp3) is 0. The summed E-state index contributed by atoms with van der Waals surface area (Å²) < 4.78 is 2.44. The first kappa shape index (κ1) is 40.7. The summed E-state index contributed by atoms with van der Waals surface area (Å²) in [6.45, 7) is -0.0845. The second kappa shape index (κ2) is 16.7. The zero-order valence-corrected chi connectivity index (χ0v) is 38.8. The van der Waals surface area contributed by atoms with Crippen molar-refractivity contribution in [2.45, 2.75) is 0 Å². The van der Waals surface area contributed by atoms with Gasteiger partial charge in [0.1, 0.15) is 0 Å². The van der Waals surface area contributed by atoms with Crippen LogP contribution in [-0.4, -0.2) is 11.3 Å². The fourth-order valence-corrected chi connectivity index (χ4v) is 11.5. The van der Waals surface area contributed by atoms with Crippen molar-refractivity contribution >= 4 is 96.1 Å². The highest BCUT2D eigenvalue weighted by atomic mass is 15.2. The lowest BCUT2D eigenvalue weighted by Crippen LogP contribution is -2.61. The molecule has 0 spiro atoms. The van der Waals surface area contributed by atoms with Crippen molar-refractivity contribution in [1.82, 2.24) is 4.57 Å². The van der Waals surface area contributed by atoms with Crippen molar-refractivity contribution in [2.24, 2.45) is 0 Å². The molecule has 5 heteroatoms. The zero-order valence-electron chi connectivity index (χ0n) is 38.8. The van der Waals surface area contributed by atoms with Crippen LogP contribution < -0.4 is 31.1 Å². The van der Waals surface area contributed by atoms with Gasteiger partial charge in [-0.3, -0.25) is 0 Å². The molecule has 0 amide bonds. The van der Waals surface area contributed by atoms with Gasteiger partial charge in [-0.15, -0.1) is 0 Å². The first-order valence-electron chi connectivity index (χ1n) is 24.5. The molecule has 14 rings (SSSR count). The molecule has 2 aliphatic heterocycles. The van der Waals surface area contributed by atoms with Gasteiger partial charge in [0.15, 0.2) is 0 Å². The molecule has 332 valence electrons. The summed E-state index contributed by atoms with van der Waals surface area (Å²) in [7, 11) is 0. The Bertz CT molecular complexity index is 3890.